The minimum Gasteiger partial charge on any atom is -0.325 e. The molecule has 5 heteroatoms. The molecule has 0 fully saturated rings. The molecule has 0 spiro atoms. The van der Waals surface area contributed by atoms with Crippen molar-refractivity contribution in [2.75, 3.05) is 5.32 Å². The SMILES string of the molecule is N#CCC(=O)Nc1ccc(-c2cc(Cl)cc(Cl)c2)cc1. The van der Waals surface area contributed by atoms with Crippen molar-refractivity contribution in [2.45, 2.75) is 6.42 Å². The molecule has 0 aliphatic rings. The van der Waals surface area contributed by atoms with Crippen LogP contribution in [0.5, 0.6) is 0 Å². The third kappa shape index (κ3) is 3.74. The number of nitrogens with one attached hydrogen (secondary N) is 1. The molecule has 0 saturated carbocycles. The molecule has 2 aromatic rings. The molecule has 0 radical (unpaired) electrons. The van der Waals surface area contributed by atoms with Gasteiger partial charge in [0.2, 0.25) is 5.91 Å². The predicted molar refractivity (Wildman–Crippen MR) is 80.8 cm³/mol. The van der Waals surface area contributed by atoms with E-state index in [0.717, 1.165) is 11.1 Å². The molecule has 0 aliphatic carbocycles. The normalized spacial score (nSPS) is 9.85. The maximum atomic E-state index is 11.3. The Bertz CT molecular complexity index is 655. The average molecular weight is 305 g/mol. The molecule has 20 heavy (non-hydrogen) atoms. The standard InChI is InChI=1S/C15H10Cl2N2O/c16-12-7-11(8-13(17)9-12)10-1-3-14(4-2-10)19-15(20)5-6-18/h1-4,7-9H,5H2,(H,19,20). The lowest BCUT2D eigenvalue weighted by Gasteiger charge is -2.06. The Labute approximate surface area is 126 Å². The molecule has 0 atom stereocenters. The highest BCUT2D eigenvalue weighted by atomic mass is 35.5. The number of hydrogen-bond acceptors (Lipinski definition) is 2. The molecule has 0 aromatic heterocycles. The summed E-state index contributed by atoms with van der Waals surface area (Å²) in [6, 6.07) is 14.3. The van der Waals surface area contributed by atoms with Crippen LogP contribution in [0.4, 0.5) is 5.69 Å². The summed E-state index contributed by atoms with van der Waals surface area (Å²) < 4.78 is 0. The van der Waals surface area contributed by atoms with Gasteiger partial charge in [0, 0.05) is 15.7 Å². The first-order chi connectivity index (χ1) is 9.58. The molecule has 100 valence electrons. The van der Waals surface area contributed by atoms with Gasteiger partial charge in [-0.2, -0.15) is 5.26 Å². The molecular formula is C15H10Cl2N2O. The Balaban J connectivity index is 2.20. The van der Waals surface area contributed by atoms with E-state index < -0.39 is 0 Å². The molecule has 0 unspecified atom stereocenters. The fourth-order valence-electron chi connectivity index (χ4n) is 1.74. The van der Waals surface area contributed by atoms with Gasteiger partial charge in [-0.25, -0.2) is 0 Å². The minimum atomic E-state index is -0.328. The van der Waals surface area contributed by atoms with Crippen molar-refractivity contribution >= 4 is 34.8 Å². The topological polar surface area (TPSA) is 52.9 Å². The fourth-order valence-corrected chi connectivity index (χ4v) is 2.27. The van der Waals surface area contributed by atoms with Crippen LogP contribution in [0.25, 0.3) is 11.1 Å². The van der Waals surface area contributed by atoms with E-state index in [9.17, 15) is 4.79 Å². The number of amides is 1. The van der Waals surface area contributed by atoms with Gasteiger partial charge >= 0.3 is 0 Å². The van der Waals surface area contributed by atoms with E-state index in [4.69, 9.17) is 28.5 Å². The Morgan fingerprint density at radius 1 is 1.05 bits per heavy atom. The summed E-state index contributed by atoms with van der Waals surface area (Å²) in [7, 11) is 0. The van der Waals surface area contributed by atoms with Crippen molar-refractivity contribution in [2.24, 2.45) is 0 Å². The first kappa shape index (κ1) is 14.4. The van der Waals surface area contributed by atoms with Gasteiger partial charge in [0.15, 0.2) is 0 Å². The molecule has 2 aromatic carbocycles. The van der Waals surface area contributed by atoms with Crippen LogP contribution in [-0.4, -0.2) is 5.91 Å². The lowest BCUT2D eigenvalue weighted by Crippen LogP contribution is -2.09. The van der Waals surface area contributed by atoms with Crippen molar-refractivity contribution in [3.05, 3.63) is 52.5 Å². The van der Waals surface area contributed by atoms with Crippen LogP contribution in [-0.2, 0) is 4.79 Å². The van der Waals surface area contributed by atoms with Crippen molar-refractivity contribution < 1.29 is 4.79 Å². The zero-order chi connectivity index (χ0) is 14.5. The van der Waals surface area contributed by atoms with Crippen LogP contribution in [0, 0.1) is 11.3 Å². The van der Waals surface area contributed by atoms with Gasteiger partial charge < -0.3 is 5.32 Å². The van der Waals surface area contributed by atoms with Gasteiger partial charge in [0.05, 0.1) is 6.07 Å². The first-order valence-electron chi connectivity index (χ1n) is 5.82. The monoisotopic (exact) mass is 304 g/mol. The number of carbonyl (C=O) groups is 1. The van der Waals surface area contributed by atoms with E-state index in [1.807, 2.05) is 24.3 Å². The molecule has 0 bridgehead atoms. The highest BCUT2D eigenvalue weighted by Gasteiger charge is 2.04. The molecule has 1 N–H and O–H groups in total. The van der Waals surface area contributed by atoms with E-state index in [2.05, 4.69) is 5.32 Å². The average Bonchev–Trinajstić information content (AvgIpc) is 2.38. The summed E-state index contributed by atoms with van der Waals surface area (Å²) >= 11 is 11.9. The Hall–Kier alpha value is -2.02. The van der Waals surface area contributed by atoms with Crippen molar-refractivity contribution in [1.29, 1.82) is 5.26 Å². The quantitative estimate of drug-likeness (QED) is 0.907. The van der Waals surface area contributed by atoms with Crippen molar-refractivity contribution in [3.8, 4) is 17.2 Å². The molecule has 0 saturated heterocycles. The number of nitriles is 1. The van der Waals surface area contributed by atoms with Gasteiger partial charge in [-0.1, -0.05) is 35.3 Å². The molecule has 0 heterocycles. The van der Waals surface area contributed by atoms with E-state index in [1.165, 1.54) is 0 Å². The number of carbonyl (C=O) groups excluding carboxylic acids is 1. The number of halogens is 2. The summed E-state index contributed by atoms with van der Waals surface area (Å²) in [5.41, 5.74) is 2.48. The van der Waals surface area contributed by atoms with E-state index in [-0.39, 0.29) is 12.3 Å². The van der Waals surface area contributed by atoms with Gasteiger partial charge in [-0.3, -0.25) is 4.79 Å². The van der Waals surface area contributed by atoms with E-state index in [0.29, 0.717) is 15.7 Å². The zero-order valence-corrected chi connectivity index (χ0v) is 11.9. The number of rotatable bonds is 3. The summed E-state index contributed by atoms with van der Waals surface area (Å²) in [6.45, 7) is 0. The zero-order valence-electron chi connectivity index (χ0n) is 10.4. The predicted octanol–water partition coefficient (Wildman–Crippen LogP) is 4.51. The second kappa shape index (κ2) is 6.42. The maximum absolute atomic E-state index is 11.3. The smallest absolute Gasteiger partial charge is 0.238 e. The summed E-state index contributed by atoms with van der Waals surface area (Å²) in [4.78, 5) is 11.3. The Kier molecular flexibility index (Phi) is 4.62. The molecule has 3 nitrogen and oxygen atoms in total. The van der Waals surface area contributed by atoms with E-state index >= 15 is 0 Å². The molecular weight excluding hydrogens is 295 g/mol. The van der Waals surface area contributed by atoms with Crippen LogP contribution in [0.1, 0.15) is 6.42 Å². The largest absolute Gasteiger partial charge is 0.325 e. The molecule has 1 amide bonds. The first-order valence-corrected chi connectivity index (χ1v) is 6.57. The van der Waals surface area contributed by atoms with Crippen LogP contribution < -0.4 is 5.32 Å². The Morgan fingerprint density at radius 2 is 1.65 bits per heavy atom. The third-order valence-corrected chi connectivity index (χ3v) is 3.04. The van der Waals surface area contributed by atoms with Crippen molar-refractivity contribution in [3.63, 3.8) is 0 Å². The number of hydrogen-bond donors (Lipinski definition) is 1. The lowest BCUT2D eigenvalue weighted by atomic mass is 10.1. The van der Waals surface area contributed by atoms with Crippen molar-refractivity contribution in [1.82, 2.24) is 0 Å². The van der Waals surface area contributed by atoms with E-state index in [1.54, 1.807) is 24.3 Å². The molecule has 0 aliphatic heterocycles. The summed E-state index contributed by atoms with van der Waals surface area (Å²) in [5.74, 6) is -0.328. The van der Waals surface area contributed by atoms with Gasteiger partial charge in [0.25, 0.3) is 0 Å². The highest BCUT2D eigenvalue weighted by Crippen LogP contribution is 2.28. The second-order valence-corrected chi connectivity index (χ2v) is 4.99. The lowest BCUT2D eigenvalue weighted by molar-refractivity contribution is -0.115. The van der Waals surface area contributed by atoms with Crippen LogP contribution in [0.15, 0.2) is 42.5 Å². The highest BCUT2D eigenvalue weighted by molar-refractivity contribution is 6.35. The number of nitrogens with zero attached hydrogens (tertiary/aromatic N) is 1. The minimum absolute atomic E-state index is 0.161. The number of benzene rings is 2. The van der Waals surface area contributed by atoms with Gasteiger partial charge in [-0.15, -0.1) is 0 Å². The number of anilines is 1. The van der Waals surface area contributed by atoms with Gasteiger partial charge in [0.1, 0.15) is 6.42 Å². The van der Waals surface area contributed by atoms with Gasteiger partial charge in [-0.05, 0) is 41.5 Å². The summed E-state index contributed by atoms with van der Waals surface area (Å²) in [5, 5.41) is 12.2. The van der Waals surface area contributed by atoms with Crippen LogP contribution >= 0.6 is 23.2 Å². The summed E-state index contributed by atoms with van der Waals surface area (Å²) in [6.07, 6.45) is -0.161. The second-order valence-electron chi connectivity index (χ2n) is 4.12. The maximum Gasteiger partial charge on any atom is 0.238 e. The third-order valence-electron chi connectivity index (χ3n) is 2.60. The van der Waals surface area contributed by atoms with Crippen LogP contribution in [0.2, 0.25) is 10.0 Å². The van der Waals surface area contributed by atoms with Crippen LogP contribution in [0.3, 0.4) is 0 Å². The Morgan fingerprint density at radius 3 is 2.20 bits per heavy atom. The molecule has 2 rings (SSSR count). The fraction of sp³-hybridized carbons (Fsp3) is 0.0667.